The van der Waals surface area contributed by atoms with Crippen LogP contribution in [-0.4, -0.2) is 42.2 Å². The van der Waals surface area contributed by atoms with Crippen LogP contribution in [0.3, 0.4) is 0 Å². The topological polar surface area (TPSA) is 64.5 Å². The number of hydrogen-bond acceptors (Lipinski definition) is 6. The summed E-state index contributed by atoms with van der Waals surface area (Å²) in [5.41, 5.74) is 0.920. The van der Waals surface area contributed by atoms with Crippen LogP contribution in [0, 0.1) is 12.8 Å². The molecule has 0 radical (unpaired) electrons. The zero-order chi connectivity index (χ0) is 15.2. The molecule has 1 aromatic heterocycles. The van der Waals surface area contributed by atoms with E-state index in [2.05, 4.69) is 14.9 Å². The lowest BCUT2D eigenvalue weighted by molar-refractivity contribution is -0.148. The van der Waals surface area contributed by atoms with Gasteiger partial charge in [-0.25, -0.2) is 9.97 Å². The fraction of sp³-hybridized carbons (Fsp3) is 0.667. The minimum Gasteiger partial charge on any atom is -0.478 e. The second kappa shape index (κ2) is 7.24. The summed E-state index contributed by atoms with van der Waals surface area (Å²) in [6.07, 6.45) is 3.34. The molecule has 2 heterocycles. The van der Waals surface area contributed by atoms with Crippen LogP contribution in [-0.2, 0) is 9.53 Å². The van der Waals surface area contributed by atoms with E-state index in [0.29, 0.717) is 25.6 Å². The van der Waals surface area contributed by atoms with Gasteiger partial charge < -0.3 is 14.4 Å². The first kappa shape index (κ1) is 15.5. The number of aromatic nitrogens is 2. The maximum absolute atomic E-state index is 11.9. The Labute approximate surface area is 125 Å². The van der Waals surface area contributed by atoms with Crippen molar-refractivity contribution in [1.82, 2.24) is 9.97 Å². The molecule has 21 heavy (non-hydrogen) atoms. The van der Waals surface area contributed by atoms with Gasteiger partial charge in [-0.2, -0.15) is 0 Å². The van der Waals surface area contributed by atoms with E-state index in [1.54, 1.807) is 0 Å². The van der Waals surface area contributed by atoms with Gasteiger partial charge in [-0.15, -0.1) is 0 Å². The van der Waals surface area contributed by atoms with Gasteiger partial charge in [-0.1, -0.05) is 0 Å². The Morgan fingerprint density at radius 2 is 2.19 bits per heavy atom. The van der Waals surface area contributed by atoms with E-state index in [9.17, 15) is 4.79 Å². The molecule has 1 aromatic rings. The summed E-state index contributed by atoms with van der Waals surface area (Å²) in [5, 5.41) is 0. The summed E-state index contributed by atoms with van der Waals surface area (Å²) in [6.45, 7) is 8.25. The molecule has 1 atom stereocenters. The number of piperidine rings is 1. The number of esters is 1. The van der Waals surface area contributed by atoms with Crippen LogP contribution in [0.15, 0.2) is 6.33 Å². The quantitative estimate of drug-likeness (QED) is 0.773. The van der Waals surface area contributed by atoms with E-state index >= 15 is 0 Å². The van der Waals surface area contributed by atoms with Crippen molar-refractivity contribution in [3.8, 4) is 5.88 Å². The van der Waals surface area contributed by atoms with Crippen molar-refractivity contribution < 1.29 is 14.3 Å². The lowest BCUT2D eigenvalue weighted by Gasteiger charge is -2.33. The van der Waals surface area contributed by atoms with Gasteiger partial charge in [0.25, 0.3) is 0 Å². The molecular weight excluding hydrogens is 270 g/mol. The number of ether oxygens (including phenoxy) is 2. The molecule has 2 rings (SSSR count). The second-order valence-corrected chi connectivity index (χ2v) is 5.10. The molecule has 0 aliphatic carbocycles. The number of carbonyl (C=O) groups is 1. The average Bonchev–Trinajstić information content (AvgIpc) is 2.50. The van der Waals surface area contributed by atoms with Gasteiger partial charge in [0.2, 0.25) is 5.88 Å². The fourth-order valence-corrected chi connectivity index (χ4v) is 2.65. The van der Waals surface area contributed by atoms with Gasteiger partial charge in [-0.05, 0) is 33.6 Å². The van der Waals surface area contributed by atoms with E-state index in [-0.39, 0.29) is 11.9 Å². The Morgan fingerprint density at radius 1 is 1.38 bits per heavy atom. The Hall–Kier alpha value is -1.85. The molecule has 0 aromatic carbocycles. The molecule has 6 nitrogen and oxygen atoms in total. The van der Waals surface area contributed by atoms with Crippen molar-refractivity contribution in [3.05, 3.63) is 11.9 Å². The summed E-state index contributed by atoms with van der Waals surface area (Å²) in [5.74, 6) is 1.27. The first-order valence-corrected chi connectivity index (χ1v) is 7.53. The Balaban J connectivity index is 2.14. The van der Waals surface area contributed by atoms with E-state index < -0.39 is 0 Å². The van der Waals surface area contributed by atoms with Crippen LogP contribution < -0.4 is 9.64 Å². The Bertz CT molecular complexity index is 493. The van der Waals surface area contributed by atoms with E-state index in [1.807, 2.05) is 20.8 Å². The van der Waals surface area contributed by atoms with E-state index in [0.717, 1.165) is 30.8 Å². The zero-order valence-corrected chi connectivity index (χ0v) is 13.0. The van der Waals surface area contributed by atoms with Gasteiger partial charge in [-0.3, -0.25) is 4.79 Å². The van der Waals surface area contributed by atoms with Gasteiger partial charge in [0, 0.05) is 13.1 Å². The largest absolute Gasteiger partial charge is 0.478 e. The molecule has 0 saturated carbocycles. The van der Waals surface area contributed by atoms with E-state index in [1.165, 1.54) is 6.33 Å². The lowest BCUT2D eigenvalue weighted by atomic mass is 9.98. The van der Waals surface area contributed by atoms with Crippen molar-refractivity contribution in [2.45, 2.75) is 33.6 Å². The molecule has 1 saturated heterocycles. The smallest absolute Gasteiger partial charge is 0.310 e. The highest BCUT2D eigenvalue weighted by molar-refractivity contribution is 5.73. The first-order chi connectivity index (χ1) is 10.2. The summed E-state index contributed by atoms with van der Waals surface area (Å²) < 4.78 is 10.6. The molecule has 1 fully saturated rings. The SMILES string of the molecule is CCOC(=O)C1CCCN(c2ncnc(OCC)c2C)C1. The third kappa shape index (κ3) is 3.62. The molecule has 0 spiro atoms. The maximum Gasteiger partial charge on any atom is 0.310 e. The average molecular weight is 293 g/mol. The van der Waals surface area contributed by atoms with Crippen LogP contribution >= 0.6 is 0 Å². The number of rotatable bonds is 5. The highest BCUT2D eigenvalue weighted by Crippen LogP contribution is 2.28. The molecule has 6 heteroatoms. The maximum atomic E-state index is 11.9. The minimum atomic E-state index is -0.112. The normalized spacial score (nSPS) is 18.4. The molecule has 0 N–H and O–H groups in total. The van der Waals surface area contributed by atoms with Crippen LogP contribution in [0.4, 0.5) is 5.82 Å². The third-order valence-corrected chi connectivity index (χ3v) is 3.63. The standard InChI is InChI=1S/C15H23N3O3/c1-4-20-14-11(3)13(16-10-17-14)18-8-6-7-12(9-18)15(19)21-5-2/h10,12H,4-9H2,1-3H3. The number of nitrogens with zero attached hydrogens (tertiary/aromatic N) is 3. The van der Waals surface area contributed by atoms with Crippen LogP contribution in [0.5, 0.6) is 5.88 Å². The number of anilines is 1. The monoisotopic (exact) mass is 293 g/mol. The predicted molar refractivity (Wildman–Crippen MR) is 79.5 cm³/mol. The number of carbonyl (C=O) groups excluding carboxylic acids is 1. The summed E-state index contributed by atoms with van der Waals surface area (Å²) >= 11 is 0. The highest BCUT2D eigenvalue weighted by Gasteiger charge is 2.28. The second-order valence-electron chi connectivity index (χ2n) is 5.10. The summed E-state index contributed by atoms with van der Waals surface area (Å²) in [4.78, 5) is 22.6. The van der Waals surface area contributed by atoms with Crippen LogP contribution in [0.25, 0.3) is 0 Å². The van der Waals surface area contributed by atoms with Crippen molar-refractivity contribution in [1.29, 1.82) is 0 Å². The van der Waals surface area contributed by atoms with Gasteiger partial charge in [0.1, 0.15) is 12.1 Å². The van der Waals surface area contributed by atoms with Crippen molar-refractivity contribution >= 4 is 11.8 Å². The molecule has 116 valence electrons. The van der Waals surface area contributed by atoms with Crippen molar-refractivity contribution in [3.63, 3.8) is 0 Å². The molecule has 1 aliphatic rings. The van der Waals surface area contributed by atoms with Gasteiger partial charge in [0.05, 0.1) is 24.7 Å². The molecule has 0 bridgehead atoms. The molecule has 1 unspecified atom stereocenters. The summed E-state index contributed by atoms with van der Waals surface area (Å²) in [7, 11) is 0. The Kier molecular flexibility index (Phi) is 5.36. The lowest BCUT2D eigenvalue weighted by Crippen LogP contribution is -2.40. The van der Waals surface area contributed by atoms with Crippen molar-refractivity contribution in [2.24, 2.45) is 5.92 Å². The Morgan fingerprint density at radius 3 is 2.90 bits per heavy atom. The van der Waals surface area contributed by atoms with Crippen LogP contribution in [0.2, 0.25) is 0 Å². The predicted octanol–water partition coefficient (Wildman–Crippen LogP) is 1.96. The van der Waals surface area contributed by atoms with E-state index in [4.69, 9.17) is 9.47 Å². The highest BCUT2D eigenvalue weighted by atomic mass is 16.5. The molecular formula is C15H23N3O3. The fourth-order valence-electron chi connectivity index (χ4n) is 2.65. The third-order valence-electron chi connectivity index (χ3n) is 3.63. The van der Waals surface area contributed by atoms with Gasteiger partial charge >= 0.3 is 5.97 Å². The zero-order valence-electron chi connectivity index (χ0n) is 13.0. The molecule has 1 aliphatic heterocycles. The molecule has 0 amide bonds. The van der Waals surface area contributed by atoms with Crippen molar-refractivity contribution in [2.75, 3.05) is 31.2 Å². The summed E-state index contributed by atoms with van der Waals surface area (Å²) in [6, 6.07) is 0. The van der Waals surface area contributed by atoms with Crippen LogP contribution in [0.1, 0.15) is 32.3 Å². The minimum absolute atomic E-state index is 0.0800. The number of hydrogen-bond donors (Lipinski definition) is 0. The van der Waals surface area contributed by atoms with Gasteiger partial charge in [0.15, 0.2) is 0 Å². The first-order valence-electron chi connectivity index (χ1n) is 7.53.